The first-order chi connectivity index (χ1) is 13.4. The second-order valence-corrected chi connectivity index (χ2v) is 9.00. The van der Waals surface area contributed by atoms with Crippen molar-refractivity contribution >= 4 is 15.7 Å². The number of amides is 1. The third-order valence-electron chi connectivity index (χ3n) is 4.81. The van der Waals surface area contributed by atoms with Gasteiger partial charge in [0.1, 0.15) is 11.5 Å². The van der Waals surface area contributed by atoms with Gasteiger partial charge in [-0.1, -0.05) is 24.3 Å². The van der Waals surface area contributed by atoms with Crippen molar-refractivity contribution in [2.75, 3.05) is 25.2 Å². The summed E-state index contributed by atoms with van der Waals surface area (Å²) in [5.41, 5.74) is 1.32. The highest BCUT2D eigenvalue weighted by Crippen LogP contribution is 2.27. The number of sulfone groups is 1. The Morgan fingerprint density at radius 3 is 2.64 bits per heavy atom. The number of methoxy groups -OCH3 is 1. The summed E-state index contributed by atoms with van der Waals surface area (Å²) in [7, 11) is -1.54. The van der Waals surface area contributed by atoms with Gasteiger partial charge in [0.05, 0.1) is 30.8 Å². The van der Waals surface area contributed by atoms with E-state index in [2.05, 4.69) is 0 Å². The van der Waals surface area contributed by atoms with E-state index in [4.69, 9.17) is 9.47 Å². The Morgan fingerprint density at radius 1 is 1.18 bits per heavy atom. The predicted molar refractivity (Wildman–Crippen MR) is 108 cm³/mol. The summed E-state index contributed by atoms with van der Waals surface area (Å²) < 4.78 is 35.0. The number of hydrogen-bond donors (Lipinski definition) is 0. The van der Waals surface area contributed by atoms with E-state index in [1.807, 2.05) is 37.3 Å². The molecule has 0 aliphatic carbocycles. The molecule has 0 unspecified atom stereocenters. The lowest BCUT2D eigenvalue weighted by Crippen LogP contribution is -2.40. The first-order valence-corrected chi connectivity index (χ1v) is 11.1. The van der Waals surface area contributed by atoms with Gasteiger partial charge in [-0.05, 0) is 43.2 Å². The minimum atomic E-state index is -3.13. The number of carbonyl (C=O) groups is 1. The van der Waals surface area contributed by atoms with E-state index in [1.54, 1.807) is 30.2 Å². The molecular formula is C21H25NO5S. The third-order valence-corrected chi connectivity index (χ3v) is 6.56. The van der Waals surface area contributed by atoms with Gasteiger partial charge in [-0.2, -0.15) is 0 Å². The van der Waals surface area contributed by atoms with Crippen LogP contribution in [-0.2, 0) is 16.4 Å². The summed E-state index contributed by atoms with van der Waals surface area (Å²) in [5.74, 6) is 1.06. The summed E-state index contributed by atoms with van der Waals surface area (Å²) >= 11 is 0. The molecule has 1 fully saturated rings. The molecule has 1 amide bonds. The molecule has 2 aromatic rings. The molecular weight excluding hydrogens is 378 g/mol. The maximum atomic E-state index is 13.4. The molecule has 0 saturated carbocycles. The molecule has 0 radical (unpaired) electrons. The van der Waals surface area contributed by atoms with Crippen LogP contribution in [0.3, 0.4) is 0 Å². The van der Waals surface area contributed by atoms with Gasteiger partial charge in [0.15, 0.2) is 9.84 Å². The fourth-order valence-electron chi connectivity index (χ4n) is 3.43. The van der Waals surface area contributed by atoms with E-state index in [1.165, 1.54) is 0 Å². The number of ether oxygens (including phenoxy) is 2. The maximum Gasteiger partial charge on any atom is 0.258 e. The van der Waals surface area contributed by atoms with Crippen LogP contribution in [0, 0.1) is 0 Å². The molecule has 2 aromatic carbocycles. The lowest BCUT2D eigenvalue weighted by Gasteiger charge is -2.29. The smallest absolute Gasteiger partial charge is 0.258 e. The fourth-order valence-corrected chi connectivity index (χ4v) is 5.17. The van der Waals surface area contributed by atoms with E-state index in [9.17, 15) is 13.2 Å². The molecule has 7 heteroatoms. The van der Waals surface area contributed by atoms with Gasteiger partial charge in [0.25, 0.3) is 5.91 Å². The Morgan fingerprint density at radius 2 is 1.96 bits per heavy atom. The normalized spacial score (nSPS) is 17.9. The van der Waals surface area contributed by atoms with Gasteiger partial charge < -0.3 is 14.4 Å². The lowest BCUT2D eigenvalue weighted by atomic mass is 10.1. The third kappa shape index (κ3) is 4.65. The predicted octanol–water partition coefficient (Wildman–Crippen LogP) is 2.92. The highest BCUT2D eigenvalue weighted by Gasteiger charge is 2.35. The molecule has 3 rings (SSSR count). The highest BCUT2D eigenvalue weighted by molar-refractivity contribution is 7.91. The number of benzene rings is 2. The van der Waals surface area contributed by atoms with Crippen LogP contribution in [0.4, 0.5) is 0 Å². The average molecular weight is 404 g/mol. The van der Waals surface area contributed by atoms with Crippen LogP contribution in [0.5, 0.6) is 11.5 Å². The summed E-state index contributed by atoms with van der Waals surface area (Å²) in [6.07, 6.45) is 0.439. The van der Waals surface area contributed by atoms with Crippen molar-refractivity contribution < 1.29 is 22.7 Å². The zero-order valence-corrected chi connectivity index (χ0v) is 16.9. The SMILES string of the molecule is CCOc1ccccc1C(=O)N(Cc1cccc(OC)c1)[C@H]1CCS(=O)(=O)C1. The first-order valence-electron chi connectivity index (χ1n) is 9.29. The van der Waals surface area contributed by atoms with E-state index >= 15 is 0 Å². The molecule has 0 aromatic heterocycles. The summed E-state index contributed by atoms with van der Waals surface area (Å²) in [5, 5.41) is 0. The molecule has 1 saturated heterocycles. The second kappa shape index (κ2) is 8.65. The number of hydrogen-bond acceptors (Lipinski definition) is 5. The van der Waals surface area contributed by atoms with Gasteiger partial charge in [-0.15, -0.1) is 0 Å². The minimum Gasteiger partial charge on any atom is -0.497 e. The van der Waals surface area contributed by atoms with Gasteiger partial charge >= 0.3 is 0 Å². The van der Waals surface area contributed by atoms with Crippen LogP contribution in [0.15, 0.2) is 48.5 Å². The molecule has 0 N–H and O–H groups in total. The van der Waals surface area contributed by atoms with Crippen LogP contribution in [-0.4, -0.2) is 50.5 Å². The summed E-state index contributed by atoms with van der Waals surface area (Å²) in [6.45, 7) is 2.60. The van der Waals surface area contributed by atoms with Crippen LogP contribution < -0.4 is 9.47 Å². The molecule has 1 aliphatic heterocycles. The Kier molecular flexibility index (Phi) is 6.24. The monoisotopic (exact) mass is 403 g/mol. The summed E-state index contributed by atoms with van der Waals surface area (Å²) in [6, 6.07) is 14.2. The topological polar surface area (TPSA) is 72.9 Å². The van der Waals surface area contributed by atoms with Crippen molar-refractivity contribution in [1.29, 1.82) is 0 Å². The lowest BCUT2D eigenvalue weighted by molar-refractivity contribution is 0.0676. The van der Waals surface area contributed by atoms with Crippen molar-refractivity contribution in [3.63, 3.8) is 0 Å². The molecule has 28 heavy (non-hydrogen) atoms. The fraction of sp³-hybridized carbons (Fsp3) is 0.381. The van der Waals surface area contributed by atoms with Gasteiger partial charge in [0, 0.05) is 12.6 Å². The van der Waals surface area contributed by atoms with Gasteiger partial charge in [-0.3, -0.25) is 4.79 Å². The Hall–Kier alpha value is -2.54. The zero-order valence-electron chi connectivity index (χ0n) is 16.1. The van der Waals surface area contributed by atoms with E-state index in [-0.39, 0.29) is 23.5 Å². The molecule has 1 atom stereocenters. The first kappa shape index (κ1) is 20.2. The Labute approximate surface area is 166 Å². The van der Waals surface area contributed by atoms with E-state index in [0.29, 0.717) is 36.6 Å². The zero-order chi connectivity index (χ0) is 20.1. The van der Waals surface area contributed by atoms with Crippen molar-refractivity contribution in [2.24, 2.45) is 0 Å². The quantitative estimate of drug-likeness (QED) is 0.711. The molecule has 0 bridgehead atoms. The molecule has 1 heterocycles. The minimum absolute atomic E-state index is 0.0144. The van der Waals surface area contributed by atoms with Crippen molar-refractivity contribution in [2.45, 2.75) is 25.9 Å². The average Bonchev–Trinajstić information content (AvgIpc) is 3.06. The van der Waals surface area contributed by atoms with Gasteiger partial charge in [0.2, 0.25) is 0 Å². The number of para-hydroxylation sites is 1. The summed E-state index contributed by atoms with van der Waals surface area (Å²) in [4.78, 5) is 15.1. The number of rotatable bonds is 7. The number of nitrogens with zero attached hydrogens (tertiary/aromatic N) is 1. The van der Waals surface area contributed by atoms with Crippen LogP contribution in [0.2, 0.25) is 0 Å². The van der Waals surface area contributed by atoms with Crippen molar-refractivity contribution in [3.05, 3.63) is 59.7 Å². The van der Waals surface area contributed by atoms with E-state index < -0.39 is 9.84 Å². The largest absolute Gasteiger partial charge is 0.497 e. The van der Waals surface area contributed by atoms with Crippen molar-refractivity contribution in [1.82, 2.24) is 4.90 Å². The van der Waals surface area contributed by atoms with Crippen molar-refractivity contribution in [3.8, 4) is 11.5 Å². The molecule has 6 nitrogen and oxygen atoms in total. The molecule has 0 spiro atoms. The standard InChI is InChI=1S/C21H25NO5S/c1-3-27-20-10-5-4-9-19(20)21(23)22(17-11-12-28(24,25)15-17)14-16-7-6-8-18(13-16)26-2/h4-10,13,17H,3,11-12,14-15H2,1-2H3/t17-/m0/s1. The molecule has 1 aliphatic rings. The Bertz CT molecular complexity index is 941. The van der Waals surface area contributed by atoms with Gasteiger partial charge in [-0.25, -0.2) is 8.42 Å². The number of carbonyl (C=O) groups excluding carboxylic acids is 1. The van der Waals surface area contributed by atoms with Crippen LogP contribution >= 0.6 is 0 Å². The van der Waals surface area contributed by atoms with Crippen LogP contribution in [0.25, 0.3) is 0 Å². The maximum absolute atomic E-state index is 13.4. The Balaban J connectivity index is 1.95. The molecule has 150 valence electrons. The van der Waals surface area contributed by atoms with Crippen LogP contribution in [0.1, 0.15) is 29.3 Å². The van der Waals surface area contributed by atoms with E-state index in [0.717, 1.165) is 5.56 Å². The second-order valence-electron chi connectivity index (χ2n) is 6.77. The highest BCUT2D eigenvalue weighted by atomic mass is 32.2.